The Hall–Kier alpha value is -3.52. The van der Waals surface area contributed by atoms with Gasteiger partial charge >= 0.3 is 0 Å². The van der Waals surface area contributed by atoms with E-state index in [0.29, 0.717) is 56.0 Å². The molecule has 29 heavy (non-hydrogen) atoms. The Morgan fingerprint density at radius 2 is 2.03 bits per heavy atom. The lowest BCUT2D eigenvalue weighted by molar-refractivity contribution is 0.102. The molecule has 0 saturated heterocycles. The smallest absolute Gasteiger partial charge is 0.256 e. The SMILES string of the molecule is Cc1nn(C)c2nc(-c3ccco3)cc(C(=O)Nc3cc4c(cc3Cl)OCO4)c12. The number of halogens is 1. The Kier molecular flexibility index (Phi) is 3.95. The van der Waals surface area contributed by atoms with Gasteiger partial charge in [-0.2, -0.15) is 5.10 Å². The lowest BCUT2D eigenvalue weighted by Crippen LogP contribution is -2.13. The molecule has 0 radical (unpaired) electrons. The maximum absolute atomic E-state index is 13.2. The van der Waals surface area contributed by atoms with Gasteiger partial charge in [0.05, 0.1) is 33.6 Å². The number of aryl methyl sites for hydroxylation is 2. The number of nitrogens with one attached hydrogen (secondary N) is 1. The maximum Gasteiger partial charge on any atom is 0.256 e. The van der Waals surface area contributed by atoms with Crippen LogP contribution in [0.25, 0.3) is 22.5 Å². The summed E-state index contributed by atoms with van der Waals surface area (Å²) in [5.74, 6) is 1.28. The van der Waals surface area contributed by atoms with Gasteiger partial charge in [-0.3, -0.25) is 9.48 Å². The van der Waals surface area contributed by atoms with Crippen molar-refractivity contribution in [3.63, 3.8) is 0 Å². The second kappa shape index (κ2) is 6.52. The van der Waals surface area contributed by atoms with E-state index in [9.17, 15) is 4.79 Å². The predicted octanol–water partition coefficient (Wildman–Crippen LogP) is 4.17. The van der Waals surface area contributed by atoms with E-state index in [1.165, 1.54) is 0 Å². The predicted molar refractivity (Wildman–Crippen MR) is 106 cm³/mol. The Morgan fingerprint density at radius 3 is 2.79 bits per heavy atom. The van der Waals surface area contributed by atoms with Crippen LogP contribution < -0.4 is 14.8 Å². The van der Waals surface area contributed by atoms with E-state index in [1.807, 2.05) is 6.92 Å². The molecule has 1 N–H and O–H groups in total. The summed E-state index contributed by atoms with van der Waals surface area (Å²) in [6.45, 7) is 1.95. The zero-order chi connectivity index (χ0) is 20.1. The molecule has 1 amide bonds. The normalized spacial score (nSPS) is 12.5. The topological polar surface area (TPSA) is 91.4 Å². The summed E-state index contributed by atoms with van der Waals surface area (Å²) in [6.07, 6.45) is 1.56. The van der Waals surface area contributed by atoms with Gasteiger partial charge in [0.1, 0.15) is 5.69 Å². The number of hydrogen-bond acceptors (Lipinski definition) is 6. The van der Waals surface area contributed by atoms with Gasteiger partial charge in [0, 0.05) is 19.2 Å². The summed E-state index contributed by atoms with van der Waals surface area (Å²) in [7, 11) is 1.78. The van der Waals surface area contributed by atoms with Crippen molar-refractivity contribution < 1.29 is 18.7 Å². The standard InChI is InChI=1S/C20H15ClN4O4/c1-10-18-11(6-14(15-4-3-5-27-15)22-19(18)25(2)24-10)20(26)23-13-8-17-16(7-12(13)21)28-9-29-17/h3-8H,9H2,1-2H3,(H,23,26). The van der Waals surface area contributed by atoms with Crippen molar-refractivity contribution in [3.05, 3.63) is 52.9 Å². The van der Waals surface area contributed by atoms with Crippen molar-refractivity contribution in [1.82, 2.24) is 14.8 Å². The first-order valence-electron chi connectivity index (χ1n) is 8.80. The molecule has 5 rings (SSSR count). The van der Waals surface area contributed by atoms with Crippen LogP contribution in [-0.2, 0) is 7.05 Å². The number of benzene rings is 1. The van der Waals surface area contributed by atoms with Gasteiger partial charge in [-0.1, -0.05) is 11.6 Å². The van der Waals surface area contributed by atoms with Crippen LogP contribution in [0.4, 0.5) is 5.69 Å². The minimum absolute atomic E-state index is 0.120. The summed E-state index contributed by atoms with van der Waals surface area (Å²) in [4.78, 5) is 17.8. The van der Waals surface area contributed by atoms with E-state index in [4.69, 9.17) is 25.5 Å². The van der Waals surface area contributed by atoms with Crippen molar-refractivity contribution in [2.24, 2.45) is 7.05 Å². The number of aromatic nitrogens is 3. The fourth-order valence-corrected chi connectivity index (χ4v) is 3.58. The van der Waals surface area contributed by atoms with Crippen LogP contribution in [0.1, 0.15) is 16.1 Å². The molecule has 0 spiro atoms. The fourth-order valence-electron chi connectivity index (χ4n) is 3.38. The summed E-state index contributed by atoms with van der Waals surface area (Å²) >= 11 is 6.31. The van der Waals surface area contributed by atoms with Crippen LogP contribution in [0, 0.1) is 6.92 Å². The van der Waals surface area contributed by atoms with Gasteiger partial charge in [-0.05, 0) is 25.1 Å². The fraction of sp³-hybridized carbons (Fsp3) is 0.150. The second-order valence-corrected chi connectivity index (χ2v) is 6.99. The lowest BCUT2D eigenvalue weighted by Gasteiger charge is -2.10. The minimum Gasteiger partial charge on any atom is -0.463 e. The number of carbonyl (C=O) groups excluding carboxylic acids is 1. The number of carbonyl (C=O) groups is 1. The highest BCUT2D eigenvalue weighted by molar-refractivity contribution is 6.34. The van der Waals surface area contributed by atoms with E-state index >= 15 is 0 Å². The molecule has 0 aliphatic carbocycles. The Bertz CT molecular complexity index is 1260. The third kappa shape index (κ3) is 2.89. The molecular formula is C20H15ClN4O4. The van der Waals surface area contributed by atoms with E-state index < -0.39 is 0 Å². The van der Waals surface area contributed by atoms with E-state index in [-0.39, 0.29) is 12.7 Å². The molecule has 1 aromatic carbocycles. The largest absolute Gasteiger partial charge is 0.463 e. The van der Waals surface area contributed by atoms with Gasteiger partial charge in [0.15, 0.2) is 22.9 Å². The summed E-state index contributed by atoms with van der Waals surface area (Å²) < 4.78 is 17.8. The van der Waals surface area contributed by atoms with Crippen LogP contribution in [0.3, 0.4) is 0 Å². The molecule has 0 unspecified atom stereocenters. The third-order valence-electron chi connectivity index (χ3n) is 4.70. The highest BCUT2D eigenvalue weighted by Crippen LogP contribution is 2.39. The maximum atomic E-state index is 13.2. The highest BCUT2D eigenvalue weighted by atomic mass is 35.5. The van der Waals surface area contributed by atoms with Gasteiger partial charge in [-0.25, -0.2) is 4.98 Å². The monoisotopic (exact) mass is 410 g/mol. The van der Waals surface area contributed by atoms with Crippen LogP contribution in [0.5, 0.6) is 11.5 Å². The summed E-state index contributed by atoms with van der Waals surface area (Å²) in [6, 6.07) is 8.50. The van der Waals surface area contributed by atoms with Crippen molar-refractivity contribution in [2.75, 3.05) is 12.1 Å². The molecule has 0 atom stereocenters. The highest BCUT2D eigenvalue weighted by Gasteiger charge is 2.22. The van der Waals surface area contributed by atoms with Gasteiger partial charge in [-0.15, -0.1) is 0 Å². The van der Waals surface area contributed by atoms with Crippen LogP contribution in [-0.4, -0.2) is 27.5 Å². The number of fused-ring (bicyclic) bond motifs is 2. The number of pyridine rings is 1. The average Bonchev–Trinajstić information content (AvgIpc) is 3.43. The molecule has 9 heteroatoms. The molecule has 0 fully saturated rings. The number of anilines is 1. The zero-order valence-corrected chi connectivity index (χ0v) is 16.3. The molecule has 8 nitrogen and oxygen atoms in total. The first kappa shape index (κ1) is 17.6. The molecular weight excluding hydrogens is 396 g/mol. The second-order valence-electron chi connectivity index (χ2n) is 6.58. The van der Waals surface area contributed by atoms with Crippen molar-refractivity contribution in [2.45, 2.75) is 6.92 Å². The molecule has 1 aliphatic heterocycles. The zero-order valence-electron chi connectivity index (χ0n) is 15.5. The molecule has 4 heterocycles. The van der Waals surface area contributed by atoms with Gasteiger partial charge in [0.2, 0.25) is 6.79 Å². The Morgan fingerprint density at radius 1 is 1.24 bits per heavy atom. The third-order valence-corrected chi connectivity index (χ3v) is 5.01. The quantitative estimate of drug-likeness (QED) is 0.545. The van der Waals surface area contributed by atoms with E-state index in [1.54, 1.807) is 48.3 Å². The minimum atomic E-state index is -0.345. The molecule has 146 valence electrons. The average molecular weight is 411 g/mol. The first-order valence-corrected chi connectivity index (χ1v) is 9.18. The lowest BCUT2D eigenvalue weighted by atomic mass is 10.1. The number of ether oxygens (including phenoxy) is 2. The summed E-state index contributed by atoms with van der Waals surface area (Å²) in [5.41, 5.74) is 2.65. The van der Waals surface area contributed by atoms with Crippen molar-refractivity contribution in [1.29, 1.82) is 0 Å². The molecule has 0 saturated carbocycles. The first-order chi connectivity index (χ1) is 14.0. The van der Waals surface area contributed by atoms with Crippen molar-refractivity contribution in [3.8, 4) is 23.0 Å². The van der Waals surface area contributed by atoms with Crippen LogP contribution >= 0.6 is 11.6 Å². The Labute approximate surface area is 170 Å². The van der Waals surface area contributed by atoms with Crippen LogP contribution in [0.2, 0.25) is 5.02 Å². The van der Waals surface area contributed by atoms with E-state index in [2.05, 4.69) is 15.4 Å². The number of nitrogens with zero attached hydrogens (tertiary/aromatic N) is 3. The number of furan rings is 1. The number of hydrogen-bond donors (Lipinski definition) is 1. The van der Waals surface area contributed by atoms with Crippen LogP contribution in [0.15, 0.2) is 41.0 Å². The molecule has 3 aromatic heterocycles. The number of amides is 1. The molecule has 0 bridgehead atoms. The molecule has 1 aliphatic rings. The van der Waals surface area contributed by atoms with Gasteiger partial charge < -0.3 is 19.2 Å². The Balaban J connectivity index is 1.61. The van der Waals surface area contributed by atoms with E-state index in [0.717, 1.165) is 0 Å². The van der Waals surface area contributed by atoms with Gasteiger partial charge in [0.25, 0.3) is 5.91 Å². The van der Waals surface area contributed by atoms with Crippen molar-refractivity contribution >= 4 is 34.2 Å². The number of rotatable bonds is 3. The molecule has 4 aromatic rings. The summed E-state index contributed by atoms with van der Waals surface area (Å²) in [5, 5.41) is 8.28.